The molecule has 4 heteroatoms. The van der Waals surface area contributed by atoms with Gasteiger partial charge in [0.05, 0.1) is 18.6 Å². The van der Waals surface area contributed by atoms with Gasteiger partial charge in [-0.1, -0.05) is 48.5 Å². The van der Waals surface area contributed by atoms with Crippen molar-refractivity contribution in [3.8, 4) is 0 Å². The lowest BCUT2D eigenvalue weighted by atomic mass is 10.0. The predicted molar refractivity (Wildman–Crippen MR) is 100 cm³/mol. The van der Waals surface area contributed by atoms with Crippen molar-refractivity contribution < 1.29 is 9.90 Å². The van der Waals surface area contributed by atoms with Crippen LogP contribution >= 0.6 is 0 Å². The number of aliphatic hydroxyl groups excluding tert-OH is 1. The van der Waals surface area contributed by atoms with Gasteiger partial charge in [-0.3, -0.25) is 4.79 Å². The van der Waals surface area contributed by atoms with Gasteiger partial charge in [0, 0.05) is 23.5 Å². The van der Waals surface area contributed by atoms with Crippen LogP contribution in [0.5, 0.6) is 0 Å². The number of amides is 1. The van der Waals surface area contributed by atoms with Gasteiger partial charge in [-0.15, -0.1) is 0 Å². The standard InChI is InChI=1S/C21H24N2O2/c1-14-7-6-10-18-17(13-22-21(14)18)12-20(25)23-15(2)19(24)11-16-8-4-3-5-9-16/h3-10,13,15,19,22,24H,11-12H2,1-2H3,(H,23,25). The number of aryl methyl sites for hydroxylation is 1. The van der Waals surface area contributed by atoms with Crippen molar-refractivity contribution in [2.24, 2.45) is 0 Å². The molecule has 2 aromatic carbocycles. The maximum absolute atomic E-state index is 12.4. The first-order chi connectivity index (χ1) is 12.0. The van der Waals surface area contributed by atoms with Gasteiger partial charge in [0.25, 0.3) is 0 Å². The molecule has 0 bridgehead atoms. The first-order valence-corrected chi connectivity index (χ1v) is 8.61. The number of H-pyrrole nitrogens is 1. The van der Waals surface area contributed by atoms with E-state index in [9.17, 15) is 9.90 Å². The maximum atomic E-state index is 12.4. The first-order valence-electron chi connectivity index (χ1n) is 8.61. The molecule has 3 aromatic rings. The van der Waals surface area contributed by atoms with Crippen molar-refractivity contribution in [2.45, 2.75) is 38.8 Å². The van der Waals surface area contributed by atoms with E-state index >= 15 is 0 Å². The molecule has 3 rings (SSSR count). The Balaban J connectivity index is 1.60. The van der Waals surface area contributed by atoms with Crippen LogP contribution < -0.4 is 5.32 Å². The fourth-order valence-electron chi connectivity index (χ4n) is 3.12. The van der Waals surface area contributed by atoms with E-state index in [2.05, 4.69) is 10.3 Å². The molecule has 0 aliphatic rings. The van der Waals surface area contributed by atoms with E-state index in [0.717, 1.165) is 27.6 Å². The van der Waals surface area contributed by atoms with Crippen molar-refractivity contribution in [2.75, 3.05) is 0 Å². The number of hydrogen-bond donors (Lipinski definition) is 3. The number of hydrogen-bond acceptors (Lipinski definition) is 2. The summed E-state index contributed by atoms with van der Waals surface area (Å²) in [6.45, 7) is 3.88. The number of carbonyl (C=O) groups is 1. The molecule has 3 N–H and O–H groups in total. The minimum absolute atomic E-state index is 0.0815. The summed E-state index contributed by atoms with van der Waals surface area (Å²) in [6, 6.07) is 15.6. The number of aromatic nitrogens is 1. The summed E-state index contributed by atoms with van der Waals surface area (Å²) in [5.41, 5.74) is 4.27. The van der Waals surface area contributed by atoms with Crippen LogP contribution in [0.4, 0.5) is 0 Å². The number of rotatable bonds is 6. The highest BCUT2D eigenvalue weighted by molar-refractivity contribution is 5.90. The molecule has 0 saturated carbocycles. The van der Waals surface area contributed by atoms with E-state index < -0.39 is 6.10 Å². The van der Waals surface area contributed by atoms with Crippen LogP contribution in [0.2, 0.25) is 0 Å². The molecule has 0 saturated heterocycles. The monoisotopic (exact) mass is 336 g/mol. The van der Waals surface area contributed by atoms with Gasteiger partial charge in [-0.05, 0) is 30.5 Å². The van der Waals surface area contributed by atoms with Gasteiger partial charge in [-0.25, -0.2) is 0 Å². The Morgan fingerprint density at radius 3 is 2.68 bits per heavy atom. The summed E-state index contributed by atoms with van der Waals surface area (Å²) < 4.78 is 0. The molecule has 2 unspecified atom stereocenters. The lowest BCUT2D eigenvalue weighted by Crippen LogP contribution is -2.42. The summed E-state index contributed by atoms with van der Waals surface area (Å²) in [7, 11) is 0. The van der Waals surface area contributed by atoms with Crippen molar-refractivity contribution in [3.63, 3.8) is 0 Å². The molecular weight excluding hydrogens is 312 g/mol. The fraction of sp³-hybridized carbons (Fsp3) is 0.286. The average Bonchev–Trinajstić information content (AvgIpc) is 3.00. The Labute approximate surface area is 147 Å². The van der Waals surface area contributed by atoms with Crippen molar-refractivity contribution in [1.82, 2.24) is 10.3 Å². The zero-order valence-corrected chi connectivity index (χ0v) is 14.6. The van der Waals surface area contributed by atoms with E-state index in [1.54, 1.807) is 0 Å². The number of benzene rings is 2. The second-order valence-corrected chi connectivity index (χ2v) is 6.60. The molecule has 0 spiro atoms. The Hall–Kier alpha value is -2.59. The van der Waals surface area contributed by atoms with Crippen LogP contribution in [0, 0.1) is 6.92 Å². The number of aromatic amines is 1. The number of aliphatic hydroxyl groups is 1. The summed E-state index contributed by atoms with van der Waals surface area (Å²) in [5.74, 6) is -0.0815. The van der Waals surface area contributed by atoms with Crippen LogP contribution in [0.3, 0.4) is 0 Å². The lowest BCUT2D eigenvalue weighted by molar-refractivity contribution is -0.121. The molecule has 0 fully saturated rings. The predicted octanol–water partition coefficient (Wildman–Crippen LogP) is 3.13. The van der Waals surface area contributed by atoms with E-state index in [1.807, 2.05) is 68.6 Å². The Kier molecular flexibility index (Phi) is 5.19. The summed E-state index contributed by atoms with van der Waals surface area (Å²) in [4.78, 5) is 15.6. The van der Waals surface area contributed by atoms with Crippen LogP contribution in [0.1, 0.15) is 23.6 Å². The van der Waals surface area contributed by atoms with Gasteiger partial charge in [0.1, 0.15) is 0 Å². The molecule has 130 valence electrons. The number of fused-ring (bicyclic) bond motifs is 1. The molecule has 0 radical (unpaired) electrons. The van der Waals surface area contributed by atoms with Gasteiger partial charge in [-0.2, -0.15) is 0 Å². The highest BCUT2D eigenvalue weighted by Crippen LogP contribution is 2.21. The van der Waals surface area contributed by atoms with Crippen LogP contribution in [-0.4, -0.2) is 28.1 Å². The van der Waals surface area contributed by atoms with E-state index in [4.69, 9.17) is 0 Å². The largest absolute Gasteiger partial charge is 0.391 e. The quantitative estimate of drug-likeness (QED) is 0.647. The molecule has 1 amide bonds. The van der Waals surface area contributed by atoms with Crippen molar-refractivity contribution >= 4 is 16.8 Å². The fourth-order valence-corrected chi connectivity index (χ4v) is 3.12. The normalized spacial score (nSPS) is 13.6. The maximum Gasteiger partial charge on any atom is 0.224 e. The summed E-state index contributed by atoms with van der Waals surface area (Å²) in [5, 5.41) is 14.3. The van der Waals surface area contributed by atoms with Gasteiger partial charge in [0.2, 0.25) is 5.91 Å². The van der Waals surface area contributed by atoms with E-state index in [0.29, 0.717) is 12.8 Å². The smallest absolute Gasteiger partial charge is 0.224 e. The first kappa shape index (κ1) is 17.2. The minimum atomic E-state index is -0.614. The second-order valence-electron chi connectivity index (χ2n) is 6.60. The SMILES string of the molecule is Cc1cccc2c(CC(=O)NC(C)C(O)Cc3ccccc3)c[nH]c12. The molecule has 2 atom stereocenters. The molecule has 0 aliphatic carbocycles. The zero-order valence-electron chi connectivity index (χ0n) is 14.6. The Morgan fingerprint density at radius 1 is 1.16 bits per heavy atom. The van der Waals surface area contributed by atoms with Crippen LogP contribution in [0.25, 0.3) is 10.9 Å². The van der Waals surface area contributed by atoms with E-state index in [1.165, 1.54) is 0 Å². The average molecular weight is 336 g/mol. The number of carbonyl (C=O) groups excluding carboxylic acids is 1. The number of para-hydroxylation sites is 1. The van der Waals surface area contributed by atoms with E-state index in [-0.39, 0.29) is 11.9 Å². The Morgan fingerprint density at radius 2 is 1.92 bits per heavy atom. The highest BCUT2D eigenvalue weighted by Gasteiger charge is 2.18. The molecular formula is C21H24N2O2. The van der Waals surface area contributed by atoms with Crippen LogP contribution in [0.15, 0.2) is 54.7 Å². The summed E-state index contributed by atoms with van der Waals surface area (Å²) in [6.07, 6.45) is 2.10. The van der Waals surface area contributed by atoms with Crippen molar-refractivity contribution in [3.05, 3.63) is 71.4 Å². The summed E-state index contributed by atoms with van der Waals surface area (Å²) >= 11 is 0. The third kappa shape index (κ3) is 4.09. The third-order valence-corrected chi connectivity index (χ3v) is 4.61. The molecule has 0 aliphatic heterocycles. The molecule has 1 aromatic heterocycles. The zero-order chi connectivity index (χ0) is 17.8. The number of nitrogens with one attached hydrogen (secondary N) is 2. The second kappa shape index (κ2) is 7.53. The molecule has 1 heterocycles. The van der Waals surface area contributed by atoms with Gasteiger partial charge in [0.15, 0.2) is 0 Å². The van der Waals surface area contributed by atoms with Gasteiger partial charge < -0.3 is 15.4 Å². The lowest BCUT2D eigenvalue weighted by Gasteiger charge is -2.20. The van der Waals surface area contributed by atoms with Crippen LogP contribution in [-0.2, 0) is 17.6 Å². The topological polar surface area (TPSA) is 65.1 Å². The highest BCUT2D eigenvalue weighted by atomic mass is 16.3. The van der Waals surface area contributed by atoms with Gasteiger partial charge >= 0.3 is 0 Å². The Bertz CT molecular complexity index is 855. The minimum Gasteiger partial charge on any atom is -0.391 e. The van der Waals surface area contributed by atoms with Crippen molar-refractivity contribution in [1.29, 1.82) is 0 Å². The molecule has 25 heavy (non-hydrogen) atoms. The molecule has 4 nitrogen and oxygen atoms in total. The third-order valence-electron chi connectivity index (χ3n) is 4.61.